The van der Waals surface area contributed by atoms with Gasteiger partial charge in [-0.25, -0.2) is 19.0 Å². The molecule has 0 bridgehead atoms. The maximum absolute atomic E-state index is 14.7. The minimum absolute atomic E-state index is 0.00940. The van der Waals surface area contributed by atoms with Crippen molar-refractivity contribution in [2.45, 2.75) is 38.5 Å². The van der Waals surface area contributed by atoms with Crippen LogP contribution in [0.15, 0.2) is 107 Å². The molecule has 6 rings (SSSR count). The summed E-state index contributed by atoms with van der Waals surface area (Å²) in [7, 11) is 1.16. The SMILES string of the molecule is COC(=O)C1=C(CF)NC(COCCN2C(=O)c3ccccc3C2=O)=C(C(=O)OCCCCCCOc2cc(C)nc(-c3ccccc3)n2)C1c1ccccc1Cl. The molecule has 57 heavy (non-hydrogen) atoms. The lowest BCUT2D eigenvalue weighted by Crippen LogP contribution is -2.37. The van der Waals surface area contributed by atoms with Crippen LogP contribution in [0.25, 0.3) is 11.4 Å². The van der Waals surface area contributed by atoms with Crippen LogP contribution in [-0.2, 0) is 23.8 Å². The molecule has 0 radical (unpaired) electrons. The molecular formula is C43H42ClFN4O8. The Morgan fingerprint density at radius 3 is 2.14 bits per heavy atom. The maximum Gasteiger partial charge on any atom is 0.336 e. The Labute approximate surface area is 334 Å². The van der Waals surface area contributed by atoms with Gasteiger partial charge < -0.3 is 24.3 Å². The number of hydrogen-bond donors (Lipinski definition) is 1. The Balaban J connectivity index is 1.10. The quantitative estimate of drug-likeness (QED) is 0.0635. The molecule has 1 N–H and O–H groups in total. The number of methoxy groups -OCH3 is 1. The summed E-state index contributed by atoms with van der Waals surface area (Å²) in [4.78, 5) is 63.1. The van der Waals surface area contributed by atoms with Crippen molar-refractivity contribution < 1.29 is 42.5 Å². The van der Waals surface area contributed by atoms with E-state index in [1.54, 1.807) is 54.6 Å². The van der Waals surface area contributed by atoms with E-state index >= 15 is 0 Å². The molecule has 1 aromatic heterocycles. The van der Waals surface area contributed by atoms with Crippen molar-refractivity contribution in [1.82, 2.24) is 20.2 Å². The molecule has 0 spiro atoms. The van der Waals surface area contributed by atoms with Crippen molar-refractivity contribution in [3.63, 3.8) is 0 Å². The molecule has 0 fully saturated rings. The van der Waals surface area contributed by atoms with Crippen molar-refractivity contribution in [1.29, 1.82) is 0 Å². The summed E-state index contributed by atoms with van der Waals surface area (Å²) in [6.45, 7) is 0.867. The highest BCUT2D eigenvalue weighted by atomic mass is 35.5. The molecule has 2 amide bonds. The van der Waals surface area contributed by atoms with Crippen molar-refractivity contribution in [3.8, 4) is 17.3 Å². The lowest BCUT2D eigenvalue weighted by molar-refractivity contribution is -0.139. The number of esters is 2. The van der Waals surface area contributed by atoms with Gasteiger partial charge in [-0.15, -0.1) is 0 Å². The summed E-state index contributed by atoms with van der Waals surface area (Å²) in [6.07, 6.45) is 2.80. The molecular weight excluding hydrogens is 755 g/mol. The highest BCUT2D eigenvalue weighted by Gasteiger charge is 2.41. The fourth-order valence-electron chi connectivity index (χ4n) is 6.72. The third-order valence-corrected chi connectivity index (χ3v) is 9.82. The van der Waals surface area contributed by atoms with Crippen LogP contribution >= 0.6 is 11.6 Å². The number of allylic oxidation sites excluding steroid dienone is 1. The second-order valence-electron chi connectivity index (χ2n) is 13.3. The number of dihydropyridines is 1. The number of fused-ring (bicyclic) bond motifs is 1. The highest BCUT2D eigenvalue weighted by Crippen LogP contribution is 2.42. The molecule has 0 saturated carbocycles. The smallest absolute Gasteiger partial charge is 0.336 e. The molecule has 1 atom stereocenters. The van der Waals surface area contributed by atoms with E-state index < -0.39 is 36.3 Å². The summed E-state index contributed by atoms with van der Waals surface area (Å²) in [5.41, 5.74) is 2.54. The van der Waals surface area contributed by atoms with Crippen LogP contribution in [0.2, 0.25) is 5.02 Å². The number of nitrogens with one attached hydrogen (secondary N) is 1. The van der Waals surface area contributed by atoms with E-state index in [0.717, 1.165) is 42.5 Å². The van der Waals surface area contributed by atoms with E-state index in [0.29, 0.717) is 41.4 Å². The number of alkyl halides is 1. The third kappa shape index (κ3) is 9.55. The summed E-state index contributed by atoms with van der Waals surface area (Å²) in [6, 6.07) is 24.6. The second-order valence-corrected chi connectivity index (χ2v) is 13.7. The number of carbonyl (C=O) groups is 4. The number of aryl methyl sites for hydroxylation is 1. The first kappa shape index (κ1) is 40.7. The van der Waals surface area contributed by atoms with E-state index in [4.69, 9.17) is 30.5 Å². The molecule has 2 aliphatic heterocycles. The van der Waals surface area contributed by atoms with Crippen LogP contribution in [0, 0.1) is 6.92 Å². The third-order valence-electron chi connectivity index (χ3n) is 9.47. The number of amides is 2. The van der Waals surface area contributed by atoms with Gasteiger partial charge in [0.2, 0.25) is 5.88 Å². The van der Waals surface area contributed by atoms with Gasteiger partial charge in [0, 0.05) is 22.3 Å². The molecule has 4 aromatic rings. The van der Waals surface area contributed by atoms with Gasteiger partial charge in [-0.1, -0.05) is 72.3 Å². The molecule has 3 heterocycles. The minimum atomic E-state index is -1.16. The van der Waals surface area contributed by atoms with E-state index in [1.807, 2.05) is 37.3 Å². The van der Waals surface area contributed by atoms with Crippen LogP contribution in [-0.4, -0.2) is 85.4 Å². The molecule has 0 aliphatic carbocycles. The maximum atomic E-state index is 14.7. The average Bonchev–Trinajstić information content (AvgIpc) is 3.47. The van der Waals surface area contributed by atoms with Gasteiger partial charge in [0.05, 0.1) is 79.7 Å². The lowest BCUT2D eigenvalue weighted by Gasteiger charge is -2.32. The van der Waals surface area contributed by atoms with Crippen LogP contribution in [0.3, 0.4) is 0 Å². The summed E-state index contributed by atoms with van der Waals surface area (Å²) >= 11 is 6.63. The molecule has 2 aliphatic rings. The number of carbonyl (C=O) groups excluding carboxylic acids is 4. The van der Waals surface area contributed by atoms with Crippen LogP contribution in [0.1, 0.15) is 63.6 Å². The van der Waals surface area contributed by atoms with Crippen molar-refractivity contribution in [2.24, 2.45) is 0 Å². The van der Waals surface area contributed by atoms with Gasteiger partial charge in [-0.05, 0) is 56.4 Å². The molecule has 12 nitrogen and oxygen atoms in total. The number of nitrogens with zero attached hydrogens (tertiary/aromatic N) is 3. The largest absolute Gasteiger partial charge is 0.478 e. The van der Waals surface area contributed by atoms with E-state index in [9.17, 15) is 23.6 Å². The van der Waals surface area contributed by atoms with Gasteiger partial charge in [-0.3, -0.25) is 14.5 Å². The fourth-order valence-corrected chi connectivity index (χ4v) is 6.97. The zero-order valence-electron chi connectivity index (χ0n) is 31.6. The standard InChI is InChI=1S/C43H42ClFN4O8/c1-27-24-35(48-39(46-27)28-14-6-5-7-15-28)56-21-12-3-4-13-22-57-43(53)38-34(26-55-23-20-49-40(50)29-16-8-9-17-30(29)41(49)51)47-33(25-45)37(42(52)54-2)36(38)31-18-10-11-19-32(31)44/h5-11,14-19,24,36,47H,3-4,12-13,20-23,25-26H2,1-2H3. The summed E-state index contributed by atoms with van der Waals surface area (Å²) in [5, 5.41) is 3.11. The predicted octanol–water partition coefficient (Wildman–Crippen LogP) is 6.94. The first-order valence-electron chi connectivity index (χ1n) is 18.6. The van der Waals surface area contributed by atoms with Gasteiger partial charge >= 0.3 is 11.9 Å². The Hall–Kier alpha value is -5.92. The van der Waals surface area contributed by atoms with Gasteiger partial charge in [0.1, 0.15) is 6.67 Å². The topological polar surface area (TPSA) is 146 Å². The molecule has 296 valence electrons. The number of imide groups is 1. The minimum Gasteiger partial charge on any atom is -0.478 e. The van der Waals surface area contributed by atoms with Crippen molar-refractivity contribution >= 4 is 35.4 Å². The summed E-state index contributed by atoms with van der Waals surface area (Å²) < 4.78 is 37.3. The fraction of sp³-hybridized carbons (Fsp3) is 0.302. The van der Waals surface area contributed by atoms with Crippen LogP contribution in [0.5, 0.6) is 5.88 Å². The predicted molar refractivity (Wildman–Crippen MR) is 209 cm³/mol. The molecule has 14 heteroatoms. The summed E-state index contributed by atoms with van der Waals surface area (Å²) in [5.74, 6) is -2.56. The number of aromatic nitrogens is 2. The van der Waals surface area contributed by atoms with Gasteiger partial charge in [-0.2, -0.15) is 4.98 Å². The Morgan fingerprint density at radius 2 is 1.46 bits per heavy atom. The monoisotopic (exact) mass is 796 g/mol. The van der Waals surface area contributed by atoms with E-state index in [1.165, 1.54) is 0 Å². The van der Waals surface area contributed by atoms with Gasteiger partial charge in [0.25, 0.3) is 11.8 Å². The van der Waals surface area contributed by atoms with E-state index in [2.05, 4.69) is 15.3 Å². The van der Waals surface area contributed by atoms with Gasteiger partial charge in [0.15, 0.2) is 5.82 Å². The Kier molecular flexibility index (Phi) is 13.8. The first-order chi connectivity index (χ1) is 27.7. The normalized spacial score (nSPS) is 15.1. The number of benzene rings is 3. The molecule has 1 unspecified atom stereocenters. The van der Waals surface area contributed by atoms with E-state index in [-0.39, 0.29) is 53.9 Å². The highest BCUT2D eigenvalue weighted by molar-refractivity contribution is 6.31. The first-order valence-corrected chi connectivity index (χ1v) is 18.9. The van der Waals surface area contributed by atoms with Crippen molar-refractivity contribution in [3.05, 3.63) is 135 Å². The number of unbranched alkanes of at least 4 members (excludes halogenated alkanes) is 3. The zero-order valence-corrected chi connectivity index (χ0v) is 32.4. The number of ether oxygens (including phenoxy) is 4. The Morgan fingerprint density at radius 1 is 0.807 bits per heavy atom. The molecule has 3 aromatic carbocycles. The number of hydrogen-bond acceptors (Lipinski definition) is 11. The Bertz CT molecular complexity index is 2160. The van der Waals surface area contributed by atoms with Crippen molar-refractivity contribution in [2.75, 3.05) is 46.8 Å². The number of halogens is 2. The zero-order chi connectivity index (χ0) is 40.3. The van der Waals surface area contributed by atoms with Crippen LogP contribution < -0.4 is 10.1 Å². The van der Waals surface area contributed by atoms with Crippen LogP contribution in [0.4, 0.5) is 4.39 Å². The second kappa shape index (κ2) is 19.3. The lowest BCUT2D eigenvalue weighted by atomic mass is 9.80. The molecule has 0 saturated heterocycles. The number of rotatable bonds is 18. The average molecular weight is 797 g/mol.